The van der Waals surface area contributed by atoms with Gasteiger partial charge in [0.15, 0.2) is 5.78 Å². The molecular formula is C33H29NO. The molecule has 5 rings (SSSR count). The standard InChI is InChI=1S/C33H29NO/c1-33(29-18-10-4-11-19-29)24-28(23-22-26-14-6-2-7-15-26)31(32(35)27-16-8-3-9-17-27)25-34(33)30-20-12-5-13-21-30/h2-21,23,25H,22,24H2,1H3/b28-23+. The molecule has 1 unspecified atom stereocenters. The number of hydrogen-bond donors (Lipinski definition) is 0. The van der Waals surface area contributed by atoms with E-state index >= 15 is 0 Å². The number of anilines is 1. The third kappa shape index (κ3) is 4.74. The van der Waals surface area contributed by atoms with E-state index in [4.69, 9.17) is 0 Å². The Kier molecular flexibility index (Phi) is 6.45. The van der Waals surface area contributed by atoms with Gasteiger partial charge in [0.2, 0.25) is 0 Å². The van der Waals surface area contributed by atoms with Crippen LogP contribution in [0.25, 0.3) is 0 Å². The number of ketones is 1. The Balaban J connectivity index is 1.67. The van der Waals surface area contributed by atoms with Crippen molar-refractivity contribution in [2.45, 2.75) is 25.3 Å². The minimum absolute atomic E-state index is 0.0564. The number of carbonyl (C=O) groups is 1. The van der Waals surface area contributed by atoms with Crippen LogP contribution in [0.15, 0.2) is 145 Å². The molecule has 0 spiro atoms. The maximum atomic E-state index is 13.8. The summed E-state index contributed by atoms with van der Waals surface area (Å²) >= 11 is 0. The number of rotatable bonds is 6. The van der Waals surface area contributed by atoms with E-state index in [-0.39, 0.29) is 11.3 Å². The molecule has 0 radical (unpaired) electrons. The van der Waals surface area contributed by atoms with Crippen molar-refractivity contribution in [2.24, 2.45) is 0 Å². The zero-order chi connectivity index (χ0) is 24.1. The van der Waals surface area contributed by atoms with Crippen LogP contribution in [0.2, 0.25) is 0 Å². The fourth-order valence-corrected chi connectivity index (χ4v) is 4.88. The van der Waals surface area contributed by atoms with Gasteiger partial charge in [-0.05, 0) is 42.2 Å². The predicted molar refractivity (Wildman–Crippen MR) is 144 cm³/mol. The van der Waals surface area contributed by atoms with E-state index in [1.54, 1.807) is 0 Å². The zero-order valence-corrected chi connectivity index (χ0v) is 20.0. The highest BCUT2D eigenvalue weighted by atomic mass is 16.1. The Labute approximate surface area is 207 Å². The van der Waals surface area contributed by atoms with E-state index in [1.165, 1.54) is 11.1 Å². The van der Waals surface area contributed by atoms with Crippen LogP contribution in [0.5, 0.6) is 0 Å². The quantitative estimate of drug-likeness (QED) is 0.277. The zero-order valence-electron chi connectivity index (χ0n) is 20.0. The summed E-state index contributed by atoms with van der Waals surface area (Å²) in [4.78, 5) is 16.1. The van der Waals surface area contributed by atoms with Gasteiger partial charge in [-0.3, -0.25) is 4.79 Å². The molecule has 0 aromatic heterocycles. The van der Waals surface area contributed by atoms with Gasteiger partial charge in [0.1, 0.15) is 0 Å². The lowest BCUT2D eigenvalue weighted by molar-refractivity contribution is 0.103. The van der Waals surface area contributed by atoms with Gasteiger partial charge in [0.05, 0.1) is 5.54 Å². The summed E-state index contributed by atoms with van der Waals surface area (Å²) in [6.45, 7) is 2.27. The molecule has 172 valence electrons. The first-order chi connectivity index (χ1) is 17.1. The van der Waals surface area contributed by atoms with Gasteiger partial charge < -0.3 is 4.90 Å². The summed E-state index contributed by atoms with van der Waals surface area (Å²) in [7, 11) is 0. The van der Waals surface area contributed by atoms with Crippen LogP contribution in [0.3, 0.4) is 0 Å². The van der Waals surface area contributed by atoms with E-state index in [2.05, 4.69) is 90.8 Å². The Bertz CT molecular complexity index is 1340. The molecule has 0 amide bonds. The number of benzene rings is 4. The first-order valence-electron chi connectivity index (χ1n) is 12.1. The molecule has 1 aliphatic rings. The molecule has 1 atom stereocenters. The van der Waals surface area contributed by atoms with Crippen LogP contribution in [-0.4, -0.2) is 5.78 Å². The van der Waals surface area contributed by atoms with Crippen LogP contribution < -0.4 is 4.90 Å². The first kappa shape index (κ1) is 22.6. The number of nitrogens with zero attached hydrogens (tertiary/aromatic N) is 1. The maximum Gasteiger partial charge on any atom is 0.194 e. The van der Waals surface area contributed by atoms with E-state index in [1.807, 2.05) is 54.6 Å². The Morgan fingerprint density at radius 1 is 0.771 bits per heavy atom. The van der Waals surface area contributed by atoms with Gasteiger partial charge in [-0.25, -0.2) is 0 Å². The van der Waals surface area contributed by atoms with Crippen molar-refractivity contribution >= 4 is 11.5 Å². The van der Waals surface area contributed by atoms with Gasteiger partial charge in [0, 0.05) is 29.4 Å². The minimum Gasteiger partial charge on any atom is -0.337 e. The maximum absolute atomic E-state index is 13.8. The smallest absolute Gasteiger partial charge is 0.194 e. The number of allylic oxidation sites excluding steroid dienone is 2. The lowest BCUT2D eigenvalue weighted by Gasteiger charge is -2.46. The molecular weight excluding hydrogens is 426 g/mol. The highest BCUT2D eigenvalue weighted by Crippen LogP contribution is 2.44. The Hall–Kier alpha value is -4.17. The molecule has 4 aromatic rings. The fraction of sp³-hybridized carbons (Fsp3) is 0.121. The van der Waals surface area contributed by atoms with Gasteiger partial charge in [-0.2, -0.15) is 0 Å². The topological polar surface area (TPSA) is 20.3 Å². The first-order valence-corrected chi connectivity index (χ1v) is 12.1. The van der Waals surface area contributed by atoms with Gasteiger partial charge in [-0.15, -0.1) is 0 Å². The van der Waals surface area contributed by atoms with Crippen molar-refractivity contribution in [3.8, 4) is 0 Å². The summed E-state index contributed by atoms with van der Waals surface area (Å²) < 4.78 is 0. The van der Waals surface area contributed by atoms with E-state index < -0.39 is 0 Å². The van der Waals surface area contributed by atoms with Crippen LogP contribution in [-0.2, 0) is 12.0 Å². The van der Waals surface area contributed by atoms with Gasteiger partial charge in [0.25, 0.3) is 0 Å². The Morgan fingerprint density at radius 3 is 1.94 bits per heavy atom. The van der Waals surface area contributed by atoms with Crippen LogP contribution >= 0.6 is 0 Å². The van der Waals surface area contributed by atoms with Crippen LogP contribution in [0, 0.1) is 0 Å². The predicted octanol–water partition coefficient (Wildman–Crippen LogP) is 7.75. The highest BCUT2D eigenvalue weighted by molar-refractivity contribution is 6.12. The average Bonchev–Trinajstić information content (AvgIpc) is 2.93. The normalized spacial score (nSPS) is 18.8. The van der Waals surface area contributed by atoms with Crippen molar-refractivity contribution in [2.75, 3.05) is 4.90 Å². The van der Waals surface area contributed by atoms with Crippen molar-refractivity contribution in [3.63, 3.8) is 0 Å². The summed E-state index contributed by atoms with van der Waals surface area (Å²) in [6, 6.07) is 41.0. The molecule has 4 aromatic carbocycles. The van der Waals surface area contributed by atoms with Gasteiger partial charge in [-0.1, -0.05) is 115 Å². The second kappa shape index (κ2) is 9.99. The third-order valence-corrected chi connectivity index (χ3v) is 6.81. The van der Waals surface area contributed by atoms with Crippen molar-refractivity contribution in [1.29, 1.82) is 0 Å². The monoisotopic (exact) mass is 455 g/mol. The largest absolute Gasteiger partial charge is 0.337 e. The molecule has 2 heteroatoms. The summed E-state index contributed by atoms with van der Waals surface area (Å²) in [6.07, 6.45) is 5.82. The highest BCUT2D eigenvalue weighted by Gasteiger charge is 2.39. The molecule has 1 heterocycles. The lowest BCUT2D eigenvalue weighted by atomic mass is 9.77. The molecule has 0 aliphatic carbocycles. The SMILES string of the molecule is CC1(c2ccccc2)C/C(=C\Cc2ccccc2)C(C(=O)c2ccccc2)=CN1c1ccccc1. The van der Waals surface area contributed by atoms with Crippen LogP contribution in [0.4, 0.5) is 5.69 Å². The molecule has 0 fully saturated rings. The van der Waals surface area contributed by atoms with E-state index in [0.29, 0.717) is 5.56 Å². The second-order valence-corrected chi connectivity index (χ2v) is 9.18. The number of hydrogen-bond acceptors (Lipinski definition) is 2. The van der Waals surface area contributed by atoms with Crippen molar-refractivity contribution in [1.82, 2.24) is 0 Å². The minimum atomic E-state index is -0.342. The number of para-hydroxylation sites is 1. The van der Waals surface area contributed by atoms with E-state index in [9.17, 15) is 4.79 Å². The van der Waals surface area contributed by atoms with Crippen molar-refractivity contribution < 1.29 is 4.79 Å². The van der Waals surface area contributed by atoms with E-state index in [0.717, 1.165) is 29.7 Å². The second-order valence-electron chi connectivity index (χ2n) is 9.18. The van der Waals surface area contributed by atoms with Crippen LogP contribution in [0.1, 0.15) is 34.8 Å². The third-order valence-electron chi connectivity index (χ3n) is 6.81. The molecule has 0 N–H and O–H groups in total. The summed E-state index contributed by atoms with van der Waals surface area (Å²) in [5.41, 5.74) is 5.73. The Morgan fingerprint density at radius 2 is 1.31 bits per heavy atom. The lowest BCUT2D eigenvalue weighted by Crippen LogP contribution is -2.44. The van der Waals surface area contributed by atoms with Gasteiger partial charge >= 0.3 is 0 Å². The summed E-state index contributed by atoms with van der Waals surface area (Å²) in [5.74, 6) is 0.0564. The molecule has 1 aliphatic heterocycles. The molecule has 35 heavy (non-hydrogen) atoms. The number of Topliss-reactive ketones (excluding diaryl/α,β-unsaturated/α-hetero) is 1. The molecule has 0 saturated heterocycles. The average molecular weight is 456 g/mol. The molecule has 0 saturated carbocycles. The molecule has 0 bridgehead atoms. The molecule has 2 nitrogen and oxygen atoms in total. The fourth-order valence-electron chi connectivity index (χ4n) is 4.88. The summed E-state index contributed by atoms with van der Waals surface area (Å²) in [5, 5.41) is 0. The number of carbonyl (C=O) groups excluding carboxylic acids is 1. The van der Waals surface area contributed by atoms with Crippen molar-refractivity contribution in [3.05, 3.63) is 161 Å².